The van der Waals surface area contributed by atoms with E-state index in [2.05, 4.69) is 0 Å². The molecule has 0 aromatic heterocycles. The molecule has 9 nitrogen and oxygen atoms in total. The molecule has 0 amide bonds. The molecule has 3 saturated carbocycles. The number of halogens is 1. The largest absolute Gasteiger partial charge is 0.458 e. The molecule has 35 heavy (non-hydrogen) atoms. The Morgan fingerprint density at radius 3 is 2.51 bits per heavy atom. The molecule has 4 aliphatic rings. The van der Waals surface area contributed by atoms with Gasteiger partial charge in [-0.3, -0.25) is 18.9 Å². The number of aliphatic hydroxyl groups excluding tert-OH is 1. The van der Waals surface area contributed by atoms with Crippen molar-refractivity contribution in [3.05, 3.63) is 11.6 Å². The van der Waals surface area contributed by atoms with Crippen molar-refractivity contribution in [3.63, 3.8) is 0 Å². The molecule has 11 heteroatoms. The van der Waals surface area contributed by atoms with Gasteiger partial charge in [-0.25, -0.2) is 4.39 Å². The lowest BCUT2D eigenvalue weighted by Gasteiger charge is -2.63. The lowest BCUT2D eigenvalue weighted by Crippen LogP contribution is -2.69. The van der Waals surface area contributed by atoms with E-state index in [1.165, 1.54) is 6.08 Å². The van der Waals surface area contributed by atoms with Crippen LogP contribution in [0.4, 0.5) is 4.39 Å². The average molecular weight is 517 g/mol. The number of aliphatic hydroxyl groups is 2. The van der Waals surface area contributed by atoms with E-state index in [1.54, 1.807) is 13.8 Å². The van der Waals surface area contributed by atoms with Gasteiger partial charge in [0.15, 0.2) is 12.4 Å². The minimum atomic E-state index is -4.37. The van der Waals surface area contributed by atoms with Crippen LogP contribution in [0.5, 0.6) is 0 Å². The van der Waals surface area contributed by atoms with Crippen LogP contribution >= 0.6 is 0 Å². The summed E-state index contributed by atoms with van der Waals surface area (Å²) in [4.78, 5) is 36.9. The van der Waals surface area contributed by atoms with Crippen LogP contribution in [0.1, 0.15) is 65.2 Å². The molecule has 1 unspecified atom stereocenters. The van der Waals surface area contributed by atoms with Gasteiger partial charge in [0, 0.05) is 23.2 Å². The molecule has 7 atom stereocenters. The molecule has 196 valence electrons. The molecule has 0 aliphatic heterocycles. The maximum absolute atomic E-state index is 17.0. The summed E-state index contributed by atoms with van der Waals surface area (Å²) in [6.45, 7) is 2.64. The van der Waals surface area contributed by atoms with Gasteiger partial charge in [-0.2, -0.15) is 8.42 Å². The van der Waals surface area contributed by atoms with E-state index in [4.69, 9.17) is 9.29 Å². The lowest BCUT2D eigenvalue weighted by molar-refractivity contribution is -0.227. The number of Topliss-reactive ketones (excluding diaryl/α,β-unsaturated/α-hetero) is 1. The quantitative estimate of drug-likeness (QED) is 0.353. The second kappa shape index (κ2) is 8.43. The average Bonchev–Trinajstić information content (AvgIpc) is 3.03. The van der Waals surface area contributed by atoms with Gasteiger partial charge in [0.25, 0.3) is 10.1 Å². The first-order valence-electron chi connectivity index (χ1n) is 12.1. The minimum absolute atomic E-state index is 0.0206. The van der Waals surface area contributed by atoms with Crippen molar-refractivity contribution in [1.82, 2.24) is 0 Å². The molecule has 4 rings (SSSR count). The number of allylic oxidation sites excluding steroid dienone is 1. The van der Waals surface area contributed by atoms with Crippen LogP contribution in [-0.2, 0) is 29.2 Å². The lowest BCUT2D eigenvalue weighted by atomic mass is 9.44. The number of carbonyl (C=O) groups excluding carboxylic acids is 3. The first-order chi connectivity index (χ1) is 16.1. The summed E-state index contributed by atoms with van der Waals surface area (Å²) in [5.41, 5.74) is -5.40. The molecule has 4 aliphatic carbocycles. The Labute approximate surface area is 203 Å². The van der Waals surface area contributed by atoms with Crippen LogP contribution in [-0.4, -0.2) is 70.5 Å². The first kappa shape index (κ1) is 26.4. The third kappa shape index (κ3) is 3.89. The predicted octanol–water partition coefficient (Wildman–Crippen LogP) is 1.70. The van der Waals surface area contributed by atoms with E-state index in [1.807, 2.05) is 0 Å². The highest BCUT2D eigenvalue weighted by atomic mass is 32.2. The minimum Gasteiger partial charge on any atom is -0.458 e. The van der Waals surface area contributed by atoms with Crippen LogP contribution in [0.2, 0.25) is 0 Å². The van der Waals surface area contributed by atoms with Gasteiger partial charge in [-0.05, 0) is 50.5 Å². The predicted molar refractivity (Wildman–Crippen MR) is 120 cm³/mol. The number of ether oxygens (including phenoxy) is 1. The van der Waals surface area contributed by atoms with E-state index in [0.29, 0.717) is 25.7 Å². The van der Waals surface area contributed by atoms with E-state index in [9.17, 15) is 33.0 Å². The molecule has 3 fully saturated rings. The first-order valence-corrected chi connectivity index (χ1v) is 13.7. The van der Waals surface area contributed by atoms with Gasteiger partial charge in [0.2, 0.25) is 5.78 Å². The van der Waals surface area contributed by atoms with Crippen molar-refractivity contribution in [2.75, 3.05) is 12.4 Å². The zero-order valence-corrected chi connectivity index (χ0v) is 20.8. The van der Waals surface area contributed by atoms with Crippen LogP contribution in [0.3, 0.4) is 0 Å². The molecule has 0 aromatic carbocycles. The molecule has 0 aromatic rings. The van der Waals surface area contributed by atoms with E-state index in [0.717, 1.165) is 5.57 Å². The van der Waals surface area contributed by atoms with Crippen molar-refractivity contribution in [1.29, 1.82) is 0 Å². The highest BCUT2D eigenvalue weighted by Gasteiger charge is 2.74. The van der Waals surface area contributed by atoms with Crippen LogP contribution in [0.15, 0.2) is 11.6 Å². The number of hydrogen-bond donors (Lipinski definition) is 3. The van der Waals surface area contributed by atoms with E-state index in [-0.39, 0.29) is 25.0 Å². The zero-order valence-electron chi connectivity index (χ0n) is 20.0. The van der Waals surface area contributed by atoms with Crippen LogP contribution < -0.4 is 0 Å². The summed E-state index contributed by atoms with van der Waals surface area (Å²) >= 11 is 0. The fraction of sp³-hybridized carbons (Fsp3) is 0.792. The van der Waals surface area contributed by atoms with Crippen LogP contribution in [0, 0.1) is 22.7 Å². The maximum atomic E-state index is 17.0. The smallest absolute Gasteiger partial charge is 0.307 e. The Morgan fingerprint density at radius 1 is 1.17 bits per heavy atom. The van der Waals surface area contributed by atoms with Gasteiger partial charge in [0.1, 0.15) is 11.3 Å². The topological polar surface area (TPSA) is 155 Å². The number of ketones is 2. The van der Waals surface area contributed by atoms with Crippen LogP contribution in [0.25, 0.3) is 0 Å². The highest BCUT2D eigenvalue weighted by Crippen LogP contribution is 2.70. The molecule has 0 spiro atoms. The third-order valence-corrected chi connectivity index (χ3v) is 10.3. The summed E-state index contributed by atoms with van der Waals surface area (Å²) < 4.78 is 52.2. The molecule has 0 heterocycles. The van der Waals surface area contributed by atoms with Gasteiger partial charge in [-0.1, -0.05) is 19.4 Å². The van der Waals surface area contributed by atoms with Crippen molar-refractivity contribution in [2.24, 2.45) is 22.7 Å². The van der Waals surface area contributed by atoms with Crippen molar-refractivity contribution in [2.45, 2.75) is 82.6 Å². The Bertz CT molecular complexity index is 1090. The zero-order chi connectivity index (χ0) is 26.0. The summed E-state index contributed by atoms with van der Waals surface area (Å²) in [5, 5.41) is 22.8. The molecule has 0 radical (unpaired) electrons. The normalized spacial score (nSPS) is 43.0. The molecular weight excluding hydrogens is 483 g/mol. The number of alkyl halides is 1. The Balaban J connectivity index is 1.56. The Hall–Kier alpha value is -1.69. The van der Waals surface area contributed by atoms with E-state index >= 15 is 4.39 Å². The highest BCUT2D eigenvalue weighted by molar-refractivity contribution is 7.85. The van der Waals surface area contributed by atoms with Gasteiger partial charge < -0.3 is 14.9 Å². The van der Waals surface area contributed by atoms with Gasteiger partial charge >= 0.3 is 5.97 Å². The maximum Gasteiger partial charge on any atom is 0.307 e. The summed E-state index contributed by atoms with van der Waals surface area (Å²) in [6, 6.07) is 0. The fourth-order valence-corrected chi connectivity index (χ4v) is 8.01. The van der Waals surface area contributed by atoms with Crippen molar-refractivity contribution in [3.8, 4) is 0 Å². The van der Waals surface area contributed by atoms with E-state index < -0.39 is 80.7 Å². The number of hydrogen-bond acceptors (Lipinski definition) is 8. The summed E-state index contributed by atoms with van der Waals surface area (Å²) in [5.74, 6) is -3.72. The standard InChI is InChI=1S/C24H33FO9S/c1-21-8-5-15(26)11-14(21)3-4-17-16-6-9-23(30,22(16,2)12-18(27)24(17,21)25)19(28)13-34-20(29)7-10-35(31,32)33/h11,16-18,27,30H,3-10,12-13H2,1-2H3,(H,31,32,33)/t16-,17-,18-,21-,22-,23-,24?/m0/s1. The Morgan fingerprint density at radius 2 is 1.86 bits per heavy atom. The SMILES string of the molecule is C[C@]12CCC(=O)C=C1CC[C@H]1[C@@H]3CC[C@](O)(C(=O)COC(=O)CCS(=O)(=O)O)[C@@]3(C)C[C@H](O)C12F. The third-order valence-electron chi connectivity index (χ3n) is 9.58. The Kier molecular flexibility index (Phi) is 6.35. The number of carbonyl (C=O) groups is 3. The summed E-state index contributed by atoms with van der Waals surface area (Å²) in [7, 11) is -4.37. The van der Waals surface area contributed by atoms with Crippen molar-refractivity contribution < 1.29 is 46.7 Å². The summed E-state index contributed by atoms with van der Waals surface area (Å²) in [6.07, 6.45) is 1.02. The van der Waals surface area contributed by atoms with Gasteiger partial charge in [0.05, 0.1) is 18.3 Å². The van der Waals surface area contributed by atoms with Crippen molar-refractivity contribution >= 4 is 27.7 Å². The monoisotopic (exact) mass is 516 g/mol. The number of fused-ring (bicyclic) bond motifs is 5. The molecule has 0 bridgehead atoms. The molecular formula is C24H33FO9S. The van der Waals surface area contributed by atoms with Gasteiger partial charge in [-0.15, -0.1) is 0 Å². The number of esters is 1. The number of rotatable bonds is 6. The second-order valence-corrected chi connectivity index (χ2v) is 12.7. The molecule has 3 N–H and O–H groups in total. The molecule has 0 saturated heterocycles. The fourth-order valence-electron chi connectivity index (χ4n) is 7.58. The second-order valence-electron chi connectivity index (χ2n) is 11.1.